The summed E-state index contributed by atoms with van der Waals surface area (Å²) in [6.45, 7) is 8.24. The molecule has 2 amide bonds. The molecule has 1 aromatic carbocycles. The SMILES string of the molecule is Cc1ccccc1C(=O)NC(C(=O)NCC(C)CCO)C(C)C. The van der Waals surface area contributed by atoms with Crippen molar-refractivity contribution in [3.05, 3.63) is 35.4 Å². The van der Waals surface area contributed by atoms with Gasteiger partial charge in [-0.15, -0.1) is 0 Å². The number of aliphatic hydroxyl groups excluding tert-OH is 1. The predicted octanol–water partition coefficient (Wildman–Crippen LogP) is 1.88. The van der Waals surface area contributed by atoms with Gasteiger partial charge in [0.05, 0.1) is 0 Å². The molecule has 2 atom stereocenters. The molecule has 0 aliphatic rings. The summed E-state index contributed by atoms with van der Waals surface area (Å²) in [5, 5.41) is 14.6. The summed E-state index contributed by atoms with van der Waals surface area (Å²) in [6, 6.07) is 6.73. The van der Waals surface area contributed by atoms with E-state index >= 15 is 0 Å². The maximum absolute atomic E-state index is 12.4. The Kier molecular flexibility index (Phi) is 7.75. The fourth-order valence-electron chi connectivity index (χ4n) is 2.29. The zero-order valence-electron chi connectivity index (χ0n) is 14.4. The number of carbonyl (C=O) groups is 2. The minimum absolute atomic E-state index is 0.0175. The Morgan fingerprint density at radius 1 is 1.17 bits per heavy atom. The standard InChI is InChI=1S/C18H28N2O3/c1-12(2)16(18(23)19-11-13(3)9-10-21)20-17(22)15-8-6-5-7-14(15)4/h5-8,12-13,16,21H,9-11H2,1-4H3,(H,19,23)(H,20,22). The topological polar surface area (TPSA) is 78.4 Å². The van der Waals surface area contributed by atoms with Crippen molar-refractivity contribution in [2.75, 3.05) is 13.2 Å². The van der Waals surface area contributed by atoms with Crippen molar-refractivity contribution in [1.29, 1.82) is 0 Å². The van der Waals surface area contributed by atoms with E-state index in [1.807, 2.05) is 45.9 Å². The molecule has 0 saturated heterocycles. The molecule has 0 aliphatic carbocycles. The zero-order chi connectivity index (χ0) is 17.4. The highest BCUT2D eigenvalue weighted by molar-refractivity contribution is 5.98. The van der Waals surface area contributed by atoms with Gasteiger partial charge in [-0.05, 0) is 36.8 Å². The molecule has 0 heterocycles. The third-order valence-corrected chi connectivity index (χ3v) is 3.87. The van der Waals surface area contributed by atoms with Crippen LogP contribution in [0, 0.1) is 18.8 Å². The average molecular weight is 320 g/mol. The smallest absolute Gasteiger partial charge is 0.252 e. The molecule has 23 heavy (non-hydrogen) atoms. The molecule has 0 bridgehead atoms. The molecule has 3 N–H and O–H groups in total. The van der Waals surface area contributed by atoms with Crippen molar-refractivity contribution in [3.63, 3.8) is 0 Å². The molecule has 1 aromatic rings. The quantitative estimate of drug-likeness (QED) is 0.684. The van der Waals surface area contributed by atoms with E-state index in [1.54, 1.807) is 6.07 Å². The second kappa shape index (κ2) is 9.30. The highest BCUT2D eigenvalue weighted by Crippen LogP contribution is 2.09. The van der Waals surface area contributed by atoms with E-state index < -0.39 is 6.04 Å². The molecule has 0 radical (unpaired) electrons. The number of aliphatic hydroxyl groups is 1. The molecule has 1 rings (SSSR count). The third-order valence-electron chi connectivity index (χ3n) is 3.87. The van der Waals surface area contributed by atoms with Crippen molar-refractivity contribution in [1.82, 2.24) is 10.6 Å². The molecule has 5 nitrogen and oxygen atoms in total. The van der Waals surface area contributed by atoms with Crippen molar-refractivity contribution in [2.45, 2.75) is 40.2 Å². The van der Waals surface area contributed by atoms with Crippen LogP contribution in [-0.4, -0.2) is 36.1 Å². The maximum atomic E-state index is 12.4. The number of aryl methyl sites for hydroxylation is 1. The fraction of sp³-hybridized carbons (Fsp3) is 0.556. The summed E-state index contributed by atoms with van der Waals surface area (Å²) < 4.78 is 0. The second-order valence-electron chi connectivity index (χ2n) is 6.37. The Morgan fingerprint density at radius 3 is 2.39 bits per heavy atom. The van der Waals surface area contributed by atoms with E-state index in [0.717, 1.165) is 5.56 Å². The molecular weight excluding hydrogens is 292 g/mol. The number of amides is 2. The summed E-state index contributed by atoms with van der Waals surface area (Å²) in [5.74, 6) is -0.243. The van der Waals surface area contributed by atoms with Crippen molar-refractivity contribution in [2.24, 2.45) is 11.8 Å². The lowest BCUT2D eigenvalue weighted by molar-refractivity contribution is -0.124. The van der Waals surface area contributed by atoms with Gasteiger partial charge < -0.3 is 15.7 Å². The van der Waals surface area contributed by atoms with Crippen LogP contribution in [0.1, 0.15) is 43.1 Å². The van der Waals surface area contributed by atoms with Gasteiger partial charge in [-0.25, -0.2) is 0 Å². The number of hydrogen-bond acceptors (Lipinski definition) is 3. The van der Waals surface area contributed by atoms with Gasteiger partial charge >= 0.3 is 0 Å². The maximum Gasteiger partial charge on any atom is 0.252 e. The first-order valence-electron chi connectivity index (χ1n) is 8.11. The molecule has 0 saturated carbocycles. The molecule has 128 valence electrons. The van der Waals surface area contributed by atoms with Gasteiger partial charge in [0.25, 0.3) is 5.91 Å². The van der Waals surface area contributed by atoms with E-state index in [-0.39, 0.29) is 30.3 Å². The number of rotatable bonds is 8. The van der Waals surface area contributed by atoms with E-state index in [0.29, 0.717) is 18.5 Å². The molecule has 0 spiro atoms. The van der Waals surface area contributed by atoms with Crippen LogP contribution in [0.25, 0.3) is 0 Å². The fourth-order valence-corrected chi connectivity index (χ4v) is 2.29. The van der Waals surface area contributed by atoms with E-state index in [9.17, 15) is 9.59 Å². The van der Waals surface area contributed by atoms with Gasteiger partial charge in [-0.3, -0.25) is 9.59 Å². The Morgan fingerprint density at radius 2 is 1.83 bits per heavy atom. The average Bonchev–Trinajstić information content (AvgIpc) is 2.50. The largest absolute Gasteiger partial charge is 0.396 e. The van der Waals surface area contributed by atoms with Gasteiger partial charge in [0.2, 0.25) is 5.91 Å². The normalized spacial score (nSPS) is 13.5. The zero-order valence-corrected chi connectivity index (χ0v) is 14.4. The minimum Gasteiger partial charge on any atom is -0.396 e. The highest BCUT2D eigenvalue weighted by Gasteiger charge is 2.25. The van der Waals surface area contributed by atoms with Crippen LogP contribution < -0.4 is 10.6 Å². The first-order chi connectivity index (χ1) is 10.9. The number of hydrogen-bond donors (Lipinski definition) is 3. The van der Waals surface area contributed by atoms with Gasteiger partial charge in [0.1, 0.15) is 6.04 Å². The lowest BCUT2D eigenvalue weighted by atomic mass is 10.0. The van der Waals surface area contributed by atoms with Crippen molar-refractivity contribution < 1.29 is 14.7 Å². The van der Waals surface area contributed by atoms with Gasteiger partial charge in [0.15, 0.2) is 0 Å². The van der Waals surface area contributed by atoms with Crippen LogP contribution in [0.15, 0.2) is 24.3 Å². The number of carbonyl (C=O) groups excluding carboxylic acids is 2. The van der Waals surface area contributed by atoms with Crippen LogP contribution in [0.2, 0.25) is 0 Å². The predicted molar refractivity (Wildman–Crippen MR) is 91.1 cm³/mol. The number of nitrogens with one attached hydrogen (secondary N) is 2. The van der Waals surface area contributed by atoms with Crippen molar-refractivity contribution >= 4 is 11.8 Å². The molecular formula is C18H28N2O3. The summed E-state index contributed by atoms with van der Waals surface area (Å²) in [5.41, 5.74) is 1.46. The Bertz CT molecular complexity index is 529. The lowest BCUT2D eigenvalue weighted by Gasteiger charge is -2.23. The number of benzene rings is 1. The lowest BCUT2D eigenvalue weighted by Crippen LogP contribution is -2.50. The van der Waals surface area contributed by atoms with Crippen LogP contribution in [0.3, 0.4) is 0 Å². The highest BCUT2D eigenvalue weighted by atomic mass is 16.3. The minimum atomic E-state index is -0.580. The Labute approximate surface area is 138 Å². The van der Waals surface area contributed by atoms with E-state index in [2.05, 4.69) is 10.6 Å². The summed E-state index contributed by atoms with van der Waals surface area (Å²) in [6.07, 6.45) is 0.641. The van der Waals surface area contributed by atoms with Gasteiger partial charge in [-0.2, -0.15) is 0 Å². The van der Waals surface area contributed by atoms with Crippen LogP contribution in [0.4, 0.5) is 0 Å². The van der Waals surface area contributed by atoms with Crippen LogP contribution in [0.5, 0.6) is 0 Å². The second-order valence-corrected chi connectivity index (χ2v) is 6.37. The summed E-state index contributed by atoms with van der Waals surface area (Å²) in [4.78, 5) is 24.8. The molecule has 2 unspecified atom stereocenters. The van der Waals surface area contributed by atoms with Gasteiger partial charge in [-0.1, -0.05) is 39.0 Å². The van der Waals surface area contributed by atoms with Crippen LogP contribution in [-0.2, 0) is 4.79 Å². The molecule has 0 aromatic heterocycles. The molecule has 0 aliphatic heterocycles. The Hall–Kier alpha value is -1.88. The van der Waals surface area contributed by atoms with E-state index in [1.165, 1.54) is 0 Å². The first kappa shape index (κ1) is 19.2. The molecule has 5 heteroatoms. The molecule has 0 fully saturated rings. The van der Waals surface area contributed by atoms with E-state index in [4.69, 9.17) is 5.11 Å². The summed E-state index contributed by atoms with van der Waals surface area (Å²) >= 11 is 0. The third kappa shape index (κ3) is 6.02. The first-order valence-corrected chi connectivity index (χ1v) is 8.11. The van der Waals surface area contributed by atoms with Crippen molar-refractivity contribution in [3.8, 4) is 0 Å². The van der Waals surface area contributed by atoms with Gasteiger partial charge in [0, 0.05) is 18.7 Å². The monoisotopic (exact) mass is 320 g/mol. The Balaban J connectivity index is 2.69. The van der Waals surface area contributed by atoms with Crippen LogP contribution >= 0.6 is 0 Å². The summed E-state index contributed by atoms with van der Waals surface area (Å²) in [7, 11) is 0.